The Balaban J connectivity index is 1.86. The number of aliphatic imine (C=N–C) groups is 1. The van der Waals surface area contributed by atoms with E-state index in [1.165, 1.54) is 19.4 Å². The number of nitrogens with zero attached hydrogens (tertiary/aromatic N) is 2. The van der Waals surface area contributed by atoms with Crippen molar-refractivity contribution in [2.45, 2.75) is 12.8 Å². The molecule has 2 heterocycles. The third-order valence-corrected chi connectivity index (χ3v) is 5.13. The van der Waals surface area contributed by atoms with Crippen molar-refractivity contribution in [2.75, 3.05) is 26.8 Å². The molecule has 1 aromatic carbocycles. The molecule has 32 heavy (non-hydrogen) atoms. The normalized spacial score (nSPS) is 15.6. The first-order valence-corrected chi connectivity index (χ1v) is 10.8. The summed E-state index contributed by atoms with van der Waals surface area (Å²) in [7, 11) is 1.23. The smallest absolute Gasteiger partial charge is 0.343 e. The molecule has 0 saturated carbocycles. The fourth-order valence-electron chi connectivity index (χ4n) is 2.52. The van der Waals surface area contributed by atoms with Gasteiger partial charge in [-0.2, -0.15) is 0 Å². The molecule has 2 aromatic rings. The summed E-state index contributed by atoms with van der Waals surface area (Å²) < 4.78 is 30.2. The molecule has 9 nitrogen and oxygen atoms in total. The summed E-state index contributed by atoms with van der Waals surface area (Å²) in [5.74, 6) is -1.02. The van der Waals surface area contributed by atoms with Crippen LogP contribution >= 0.6 is 23.4 Å². The van der Waals surface area contributed by atoms with Gasteiger partial charge in [0, 0.05) is 37.1 Å². The van der Waals surface area contributed by atoms with Gasteiger partial charge in [-0.3, -0.25) is 4.79 Å². The van der Waals surface area contributed by atoms with Crippen molar-refractivity contribution >= 4 is 45.4 Å². The Hall–Kier alpha value is -3.05. The van der Waals surface area contributed by atoms with Gasteiger partial charge in [-0.25, -0.2) is 19.2 Å². The molecule has 1 aliphatic heterocycles. The molecule has 0 unspecified atom stereocenters. The highest BCUT2D eigenvalue weighted by Crippen LogP contribution is 2.37. The molecule has 0 radical (unpaired) electrons. The third kappa shape index (κ3) is 6.72. The van der Waals surface area contributed by atoms with Gasteiger partial charge >= 0.3 is 5.97 Å². The first kappa shape index (κ1) is 23.6. The van der Waals surface area contributed by atoms with E-state index in [0.717, 1.165) is 30.7 Å². The zero-order chi connectivity index (χ0) is 22.9. The average molecular weight is 483 g/mol. The van der Waals surface area contributed by atoms with E-state index in [0.29, 0.717) is 13.1 Å². The van der Waals surface area contributed by atoms with Crippen molar-refractivity contribution in [2.24, 2.45) is 4.99 Å². The van der Waals surface area contributed by atoms with Crippen LogP contribution in [0.3, 0.4) is 0 Å². The summed E-state index contributed by atoms with van der Waals surface area (Å²) in [5.41, 5.74) is -0.0765. The number of esters is 1. The van der Waals surface area contributed by atoms with Crippen LogP contribution in [0, 0.1) is 5.82 Å². The number of hydrogen-bond donors (Lipinski definition) is 2. The second kappa shape index (κ2) is 11.5. The van der Waals surface area contributed by atoms with Gasteiger partial charge in [0.25, 0.3) is 11.1 Å². The predicted octanol–water partition coefficient (Wildman–Crippen LogP) is 4.03. The second-order valence-electron chi connectivity index (χ2n) is 6.37. The predicted molar refractivity (Wildman–Crippen MR) is 119 cm³/mol. The Bertz CT molecular complexity index is 1020. The topological polar surface area (TPSA) is 111 Å². The lowest BCUT2D eigenvalue weighted by atomic mass is 10.3. The molecular formula is C20H20ClFN4O5S. The van der Waals surface area contributed by atoms with Crippen LogP contribution in [-0.2, 0) is 9.53 Å². The fourth-order valence-corrected chi connectivity index (χ4v) is 3.37. The van der Waals surface area contributed by atoms with Gasteiger partial charge in [-0.15, -0.1) is 0 Å². The van der Waals surface area contributed by atoms with Crippen molar-refractivity contribution in [3.63, 3.8) is 0 Å². The monoisotopic (exact) mass is 482 g/mol. The standard InChI is InChI=1S/C20H20ClFN4O5S/c1-29-17(27)11-30-18-15(5-4-8-23-18)31-16-10-14(13(22)9-12(16)21)26-19-24-6-2-3-7-25-20(28)32-19/h4-5,8-10H,2-3,6-7,11H2,1H3,(H,24,26)(H,25,28). The summed E-state index contributed by atoms with van der Waals surface area (Å²) in [5, 5.41) is 5.73. The number of carbonyl (C=O) groups excluding carboxylic acids is 2. The van der Waals surface area contributed by atoms with Gasteiger partial charge in [-0.1, -0.05) is 11.6 Å². The zero-order valence-electron chi connectivity index (χ0n) is 17.0. The van der Waals surface area contributed by atoms with E-state index >= 15 is 0 Å². The van der Waals surface area contributed by atoms with Crippen LogP contribution in [0.4, 0.5) is 14.9 Å². The molecule has 0 bridgehead atoms. The van der Waals surface area contributed by atoms with Crippen LogP contribution in [-0.4, -0.2) is 48.2 Å². The van der Waals surface area contributed by atoms with E-state index in [4.69, 9.17) is 21.1 Å². The lowest BCUT2D eigenvalue weighted by Gasteiger charge is -2.13. The Morgan fingerprint density at radius 1 is 1.28 bits per heavy atom. The lowest BCUT2D eigenvalue weighted by molar-refractivity contribution is -0.143. The number of halogens is 2. The van der Waals surface area contributed by atoms with Crippen molar-refractivity contribution in [1.29, 1.82) is 0 Å². The van der Waals surface area contributed by atoms with Gasteiger partial charge in [0.1, 0.15) is 11.4 Å². The minimum absolute atomic E-state index is 0.0120. The van der Waals surface area contributed by atoms with Gasteiger partial charge in [0.2, 0.25) is 0 Å². The maximum atomic E-state index is 14.5. The van der Waals surface area contributed by atoms with E-state index in [-0.39, 0.29) is 45.1 Å². The molecule has 2 N–H and O–H groups in total. The molecule has 170 valence electrons. The molecule has 1 fully saturated rings. The maximum Gasteiger partial charge on any atom is 0.343 e. The number of benzene rings is 1. The van der Waals surface area contributed by atoms with Crippen molar-refractivity contribution in [3.8, 4) is 17.4 Å². The molecule has 12 heteroatoms. The van der Waals surface area contributed by atoms with Crippen molar-refractivity contribution in [1.82, 2.24) is 15.6 Å². The highest BCUT2D eigenvalue weighted by Gasteiger charge is 2.17. The van der Waals surface area contributed by atoms with Gasteiger partial charge < -0.3 is 24.8 Å². The van der Waals surface area contributed by atoms with E-state index in [2.05, 4.69) is 25.3 Å². The second-order valence-corrected chi connectivity index (χ2v) is 7.74. The summed E-state index contributed by atoms with van der Waals surface area (Å²) in [6.07, 6.45) is 3.10. The molecule has 0 spiro atoms. The summed E-state index contributed by atoms with van der Waals surface area (Å²) in [4.78, 5) is 31.5. The number of amidine groups is 1. The Morgan fingerprint density at radius 3 is 2.84 bits per heavy atom. The van der Waals surface area contributed by atoms with Crippen LogP contribution in [0.2, 0.25) is 5.02 Å². The van der Waals surface area contributed by atoms with Crippen molar-refractivity contribution in [3.05, 3.63) is 41.3 Å². The highest BCUT2D eigenvalue weighted by molar-refractivity contribution is 8.26. The number of rotatable bonds is 6. The number of hydrogen-bond acceptors (Lipinski definition) is 8. The minimum Gasteiger partial charge on any atom is -0.466 e. The average Bonchev–Trinajstić information content (AvgIpc) is 2.87. The summed E-state index contributed by atoms with van der Waals surface area (Å²) in [6, 6.07) is 5.50. The molecule has 3 rings (SSSR count). The molecule has 0 atom stereocenters. The molecular weight excluding hydrogens is 463 g/mol. The quantitative estimate of drug-likeness (QED) is 0.593. The molecule has 1 saturated heterocycles. The van der Waals surface area contributed by atoms with E-state index < -0.39 is 11.8 Å². The zero-order valence-corrected chi connectivity index (χ0v) is 18.6. The first-order valence-electron chi connectivity index (χ1n) is 9.56. The number of amides is 1. The van der Waals surface area contributed by atoms with Crippen molar-refractivity contribution < 1.29 is 28.2 Å². The van der Waals surface area contributed by atoms with Crippen LogP contribution in [0.25, 0.3) is 0 Å². The number of aromatic nitrogens is 1. The Morgan fingerprint density at radius 2 is 2.06 bits per heavy atom. The van der Waals surface area contributed by atoms with E-state index in [1.807, 2.05) is 0 Å². The van der Waals surface area contributed by atoms with E-state index in [9.17, 15) is 14.0 Å². The fraction of sp³-hybridized carbons (Fsp3) is 0.300. The van der Waals surface area contributed by atoms with E-state index in [1.54, 1.807) is 12.1 Å². The number of pyridine rings is 1. The minimum atomic E-state index is -0.689. The van der Waals surface area contributed by atoms with Crippen LogP contribution in [0.1, 0.15) is 12.8 Å². The number of methoxy groups -OCH3 is 1. The van der Waals surface area contributed by atoms with Crippen LogP contribution in [0.15, 0.2) is 35.5 Å². The summed E-state index contributed by atoms with van der Waals surface area (Å²) >= 11 is 7.00. The Kier molecular flexibility index (Phi) is 8.51. The number of thioether (sulfide) groups is 1. The van der Waals surface area contributed by atoms with Crippen LogP contribution < -0.4 is 20.1 Å². The first-order chi connectivity index (χ1) is 15.5. The molecule has 1 aliphatic rings. The SMILES string of the molecule is COC(=O)COc1ncccc1Oc1cc(/N=C2/NCCCCNC(=O)S2)c(F)cc1Cl. The number of ether oxygens (including phenoxy) is 3. The third-order valence-electron chi connectivity index (χ3n) is 4.07. The van der Waals surface area contributed by atoms with Gasteiger partial charge in [-0.05, 0) is 31.0 Å². The van der Waals surface area contributed by atoms with Gasteiger partial charge in [0.05, 0.1) is 12.1 Å². The number of nitrogens with one attached hydrogen (secondary N) is 2. The summed E-state index contributed by atoms with van der Waals surface area (Å²) in [6.45, 7) is 0.792. The highest BCUT2D eigenvalue weighted by atomic mass is 35.5. The maximum absolute atomic E-state index is 14.5. The Labute approximate surface area is 192 Å². The number of carbonyl (C=O) groups is 2. The largest absolute Gasteiger partial charge is 0.466 e. The molecule has 0 aliphatic carbocycles. The lowest BCUT2D eigenvalue weighted by Crippen LogP contribution is -2.24. The van der Waals surface area contributed by atoms with Crippen LogP contribution in [0.5, 0.6) is 17.4 Å². The molecule has 1 amide bonds. The molecule has 1 aromatic heterocycles. The van der Waals surface area contributed by atoms with Gasteiger partial charge in [0.15, 0.2) is 23.3 Å².